The number of nitrogens with zero attached hydrogens (tertiary/aromatic N) is 2. The van der Waals surface area contributed by atoms with Gasteiger partial charge in [0, 0.05) is 13.1 Å². The van der Waals surface area contributed by atoms with E-state index in [1.165, 1.54) is 0 Å². The monoisotopic (exact) mass is 196 g/mol. The summed E-state index contributed by atoms with van der Waals surface area (Å²) in [6.45, 7) is 0.590. The smallest absolute Gasteiger partial charge is 0.340 e. The molecular formula is C6H7F3N2O2. The third-order valence-electron chi connectivity index (χ3n) is 1.28. The van der Waals surface area contributed by atoms with Crippen molar-refractivity contribution in [2.24, 2.45) is 0 Å². The molecule has 0 fully saturated rings. The standard InChI is InChI=1S/C6H7F3N2O2/c1-5(12)13-11-3-2-10(4-11)6(7,8)9/h2-3H,4H2,1H3. The predicted molar refractivity (Wildman–Crippen MR) is 35.5 cm³/mol. The Hall–Kier alpha value is -1.40. The molecule has 0 radical (unpaired) electrons. The molecule has 0 aromatic heterocycles. The molecule has 1 aliphatic heterocycles. The molecule has 0 unspecified atom stereocenters. The fourth-order valence-electron chi connectivity index (χ4n) is 0.788. The van der Waals surface area contributed by atoms with Gasteiger partial charge in [0.1, 0.15) is 6.67 Å². The average Bonchev–Trinajstić information content (AvgIpc) is 2.32. The van der Waals surface area contributed by atoms with Gasteiger partial charge < -0.3 is 4.84 Å². The Labute approximate surface area is 72.1 Å². The minimum atomic E-state index is -4.44. The van der Waals surface area contributed by atoms with Crippen molar-refractivity contribution >= 4 is 5.97 Å². The van der Waals surface area contributed by atoms with E-state index in [9.17, 15) is 18.0 Å². The summed E-state index contributed by atoms with van der Waals surface area (Å²) in [5.41, 5.74) is 0. The SMILES string of the molecule is CC(=O)ON1C=CN(C(F)(F)F)C1. The molecule has 1 rings (SSSR count). The van der Waals surface area contributed by atoms with E-state index >= 15 is 0 Å². The second-order valence-electron chi connectivity index (χ2n) is 2.38. The van der Waals surface area contributed by atoms with E-state index in [-0.39, 0.29) is 4.90 Å². The first-order valence-corrected chi connectivity index (χ1v) is 3.36. The van der Waals surface area contributed by atoms with Gasteiger partial charge >= 0.3 is 12.3 Å². The van der Waals surface area contributed by atoms with Gasteiger partial charge in [-0.05, 0) is 0 Å². The van der Waals surface area contributed by atoms with Crippen LogP contribution in [0.3, 0.4) is 0 Å². The Kier molecular flexibility index (Phi) is 2.35. The molecule has 0 aliphatic carbocycles. The first kappa shape index (κ1) is 9.69. The van der Waals surface area contributed by atoms with Crippen LogP contribution >= 0.6 is 0 Å². The zero-order valence-corrected chi connectivity index (χ0v) is 6.71. The number of rotatable bonds is 1. The van der Waals surface area contributed by atoms with Gasteiger partial charge in [0.25, 0.3) is 0 Å². The van der Waals surface area contributed by atoms with Crippen molar-refractivity contribution in [3.8, 4) is 0 Å². The summed E-state index contributed by atoms with van der Waals surface area (Å²) in [6, 6.07) is 0. The van der Waals surface area contributed by atoms with Crippen molar-refractivity contribution in [2.75, 3.05) is 6.67 Å². The molecule has 0 N–H and O–H groups in total. The van der Waals surface area contributed by atoms with Crippen LogP contribution in [0.1, 0.15) is 6.92 Å². The lowest BCUT2D eigenvalue weighted by atomic mass is 10.8. The van der Waals surface area contributed by atoms with E-state index in [2.05, 4.69) is 4.84 Å². The summed E-state index contributed by atoms with van der Waals surface area (Å²) < 4.78 is 35.9. The van der Waals surface area contributed by atoms with Crippen LogP contribution in [0, 0.1) is 0 Å². The van der Waals surface area contributed by atoms with Gasteiger partial charge in [0.15, 0.2) is 0 Å². The maximum Gasteiger partial charge on any atom is 0.486 e. The van der Waals surface area contributed by atoms with Crippen molar-refractivity contribution < 1.29 is 22.8 Å². The largest absolute Gasteiger partial charge is 0.486 e. The Morgan fingerprint density at radius 2 is 2.08 bits per heavy atom. The summed E-state index contributed by atoms with van der Waals surface area (Å²) in [5, 5.41) is 0.801. The number of halogens is 3. The third kappa shape index (κ3) is 2.53. The van der Waals surface area contributed by atoms with E-state index in [0.29, 0.717) is 0 Å². The molecule has 0 aromatic carbocycles. The first-order valence-electron chi connectivity index (χ1n) is 3.36. The van der Waals surface area contributed by atoms with Crippen molar-refractivity contribution in [3.63, 3.8) is 0 Å². The average molecular weight is 196 g/mol. The highest BCUT2D eigenvalue weighted by molar-refractivity contribution is 5.65. The van der Waals surface area contributed by atoms with E-state index in [0.717, 1.165) is 24.4 Å². The molecule has 4 nitrogen and oxygen atoms in total. The fraction of sp³-hybridized carbons (Fsp3) is 0.500. The van der Waals surface area contributed by atoms with Crippen LogP contribution in [0.2, 0.25) is 0 Å². The summed E-state index contributed by atoms with van der Waals surface area (Å²) in [7, 11) is 0. The molecule has 13 heavy (non-hydrogen) atoms. The minimum Gasteiger partial charge on any atom is -0.340 e. The number of hydrogen-bond donors (Lipinski definition) is 0. The lowest BCUT2D eigenvalue weighted by Gasteiger charge is -2.21. The Morgan fingerprint density at radius 3 is 2.46 bits per heavy atom. The molecule has 0 spiro atoms. The highest BCUT2D eigenvalue weighted by Crippen LogP contribution is 2.24. The Balaban J connectivity index is 2.47. The number of carbonyl (C=O) groups is 1. The Morgan fingerprint density at radius 1 is 1.46 bits per heavy atom. The minimum absolute atomic E-state index is 0.0932. The number of carbonyl (C=O) groups excluding carboxylic acids is 1. The summed E-state index contributed by atoms with van der Waals surface area (Å²) in [6.07, 6.45) is -2.61. The van der Waals surface area contributed by atoms with Crippen molar-refractivity contribution in [1.29, 1.82) is 0 Å². The molecule has 1 aliphatic rings. The lowest BCUT2D eigenvalue weighted by Crippen LogP contribution is -2.36. The number of alkyl halides is 3. The second kappa shape index (κ2) is 3.15. The highest BCUT2D eigenvalue weighted by Gasteiger charge is 2.38. The number of hydroxylamine groups is 2. The van der Waals surface area contributed by atoms with Gasteiger partial charge in [-0.2, -0.15) is 18.2 Å². The van der Waals surface area contributed by atoms with Crippen LogP contribution in [-0.2, 0) is 9.63 Å². The molecule has 0 atom stereocenters. The van der Waals surface area contributed by atoms with Crippen LogP contribution in [0.4, 0.5) is 13.2 Å². The topological polar surface area (TPSA) is 32.8 Å². The second-order valence-corrected chi connectivity index (χ2v) is 2.38. The first-order chi connectivity index (χ1) is 5.89. The normalized spacial score (nSPS) is 16.6. The van der Waals surface area contributed by atoms with Crippen molar-refractivity contribution in [2.45, 2.75) is 13.2 Å². The number of hydrogen-bond acceptors (Lipinski definition) is 4. The van der Waals surface area contributed by atoms with Gasteiger partial charge in [-0.1, -0.05) is 0 Å². The van der Waals surface area contributed by atoms with Crippen LogP contribution in [-0.4, -0.2) is 28.9 Å². The summed E-state index contributed by atoms with van der Waals surface area (Å²) in [5.74, 6) is -0.659. The zero-order valence-electron chi connectivity index (χ0n) is 6.71. The fourth-order valence-corrected chi connectivity index (χ4v) is 0.788. The Bertz CT molecular complexity index is 239. The van der Waals surface area contributed by atoms with Crippen LogP contribution in [0.15, 0.2) is 12.4 Å². The molecule has 1 heterocycles. The highest BCUT2D eigenvalue weighted by atomic mass is 19.4. The molecule has 74 valence electrons. The van der Waals surface area contributed by atoms with Gasteiger partial charge in [-0.3, -0.25) is 9.69 Å². The molecule has 0 bridgehead atoms. The van der Waals surface area contributed by atoms with Gasteiger partial charge in [-0.15, -0.1) is 0 Å². The van der Waals surface area contributed by atoms with Gasteiger partial charge in [-0.25, -0.2) is 0 Å². The van der Waals surface area contributed by atoms with E-state index in [1.807, 2.05) is 0 Å². The summed E-state index contributed by atoms with van der Waals surface area (Å²) in [4.78, 5) is 14.9. The lowest BCUT2D eigenvalue weighted by molar-refractivity contribution is -0.246. The molecule has 0 amide bonds. The maximum atomic E-state index is 12.0. The van der Waals surface area contributed by atoms with Gasteiger partial charge in [0.05, 0.1) is 6.20 Å². The van der Waals surface area contributed by atoms with Gasteiger partial charge in [0.2, 0.25) is 0 Å². The van der Waals surface area contributed by atoms with E-state index in [1.54, 1.807) is 0 Å². The summed E-state index contributed by atoms with van der Waals surface area (Å²) >= 11 is 0. The molecule has 0 aromatic rings. The van der Waals surface area contributed by atoms with E-state index in [4.69, 9.17) is 0 Å². The predicted octanol–water partition coefficient (Wildman–Crippen LogP) is 1.03. The zero-order chi connectivity index (χ0) is 10.1. The quantitative estimate of drug-likeness (QED) is 0.586. The molecule has 0 saturated carbocycles. The molecular weight excluding hydrogens is 189 g/mol. The van der Waals surface area contributed by atoms with E-state index < -0.39 is 18.9 Å². The third-order valence-corrected chi connectivity index (χ3v) is 1.28. The molecule has 7 heteroatoms. The van der Waals surface area contributed by atoms with Crippen molar-refractivity contribution in [1.82, 2.24) is 9.96 Å². The maximum absolute atomic E-state index is 12.0. The van der Waals surface area contributed by atoms with Crippen molar-refractivity contribution in [3.05, 3.63) is 12.4 Å². The van der Waals surface area contributed by atoms with Crippen LogP contribution < -0.4 is 0 Å². The molecule has 0 saturated heterocycles. The van der Waals surface area contributed by atoms with Crippen LogP contribution in [0.25, 0.3) is 0 Å². The van der Waals surface area contributed by atoms with Crippen LogP contribution in [0.5, 0.6) is 0 Å².